The van der Waals surface area contributed by atoms with Crippen LogP contribution in [0.5, 0.6) is 0 Å². The van der Waals surface area contributed by atoms with Gasteiger partial charge in [-0.2, -0.15) is 8.42 Å². The van der Waals surface area contributed by atoms with Crippen molar-refractivity contribution < 1.29 is 13.2 Å². The number of amides is 1. The summed E-state index contributed by atoms with van der Waals surface area (Å²) in [7, 11) is -3.67. The predicted octanol–water partition coefficient (Wildman–Crippen LogP) is 2.57. The zero-order valence-electron chi connectivity index (χ0n) is 14.7. The Bertz CT molecular complexity index is 1160. The van der Waals surface area contributed by atoms with Crippen LogP contribution in [0.3, 0.4) is 0 Å². The maximum Gasteiger partial charge on any atom is 0.285 e. The van der Waals surface area contributed by atoms with E-state index in [2.05, 4.69) is 20.0 Å². The Balaban J connectivity index is 1.45. The number of carbonyl (C=O) groups excluding carboxylic acids is 1. The molecule has 0 aliphatic carbocycles. The molecule has 0 spiro atoms. The minimum atomic E-state index is -3.67. The first-order chi connectivity index (χ1) is 13.5. The van der Waals surface area contributed by atoms with Crippen molar-refractivity contribution in [2.45, 2.75) is 11.4 Å². The standard InChI is InChI=1S/C20H16N4O3S/c25-20(22-13-16-5-3-4-12-21-16)14-8-10-15(11-9-14)23-19-17-6-1-2-7-18(17)28(26,27)24-19/h1-12H,13H2,(H,22,25)(H,23,24). The maximum atomic E-state index is 12.3. The van der Waals surface area contributed by atoms with Crippen LogP contribution in [0, 0.1) is 0 Å². The Kier molecular flexibility index (Phi) is 4.62. The summed E-state index contributed by atoms with van der Waals surface area (Å²) in [5, 5.41) is 5.81. The van der Waals surface area contributed by atoms with E-state index < -0.39 is 10.0 Å². The second-order valence-electron chi connectivity index (χ2n) is 6.12. The Labute approximate surface area is 162 Å². The predicted molar refractivity (Wildman–Crippen MR) is 106 cm³/mol. The van der Waals surface area contributed by atoms with E-state index in [1.54, 1.807) is 48.7 Å². The molecule has 0 fully saturated rings. The highest BCUT2D eigenvalue weighted by Crippen LogP contribution is 2.26. The van der Waals surface area contributed by atoms with Gasteiger partial charge in [0.05, 0.1) is 12.2 Å². The van der Waals surface area contributed by atoms with Crippen LogP contribution in [0.2, 0.25) is 0 Å². The summed E-state index contributed by atoms with van der Waals surface area (Å²) >= 11 is 0. The Morgan fingerprint density at radius 1 is 0.929 bits per heavy atom. The van der Waals surface area contributed by atoms with E-state index in [-0.39, 0.29) is 16.6 Å². The molecule has 4 rings (SSSR count). The van der Waals surface area contributed by atoms with Gasteiger partial charge >= 0.3 is 0 Å². The van der Waals surface area contributed by atoms with Crippen LogP contribution in [-0.2, 0) is 16.6 Å². The normalized spacial score (nSPS) is 14.1. The van der Waals surface area contributed by atoms with E-state index in [1.807, 2.05) is 18.2 Å². The molecule has 0 radical (unpaired) electrons. The average molecular weight is 392 g/mol. The number of sulfonamides is 1. The number of hydrogen-bond donors (Lipinski definition) is 2. The molecule has 1 aromatic heterocycles. The first-order valence-corrected chi connectivity index (χ1v) is 9.96. The fourth-order valence-electron chi connectivity index (χ4n) is 2.81. The summed E-state index contributed by atoms with van der Waals surface area (Å²) in [5.41, 5.74) is 2.42. The lowest BCUT2D eigenvalue weighted by Gasteiger charge is -2.08. The van der Waals surface area contributed by atoms with Gasteiger partial charge in [-0.1, -0.05) is 18.2 Å². The Hall–Kier alpha value is -3.52. The van der Waals surface area contributed by atoms with Crippen molar-refractivity contribution in [3.8, 4) is 0 Å². The zero-order chi connectivity index (χ0) is 19.6. The molecule has 2 aromatic carbocycles. The summed E-state index contributed by atoms with van der Waals surface area (Å²) in [6.45, 7) is 0.338. The number of benzene rings is 2. The van der Waals surface area contributed by atoms with Gasteiger partial charge in [-0.15, -0.1) is 4.40 Å². The number of rotatable bonds is 4. The molecule has 2 N–H and O–H groups in total. The van der Waals surface area contributed by atoms with Crippen molar-refractivity contribution >= 4 is 27.5 Å². The van der Waals surface area contributed by atoms with E-state index in [4.69, 9.17) is 0 Å². The zero-order valence-corrected chi connectivity index (χ0v) is 15.5. The summed E-state index contributed by atoms with van der Waals surface area (Å²) in [4.78, 5) is 16.6. The lowest BCUT2D eigenvalue weighted by molar-refractivity contribution is 0.0950. The monoisotopic (exact) mass is 392 g/mol. The van der Waals surface area contributed by atoms with Crippen LogP contribution in [0.1, 0.15) is 21.6 Å². The van der Waals surface area contributed by atoms with E-state index in [1.165, 1.54) is 6.07 Å². The van der Waals surface area contributed by atoms with Gasteiger partial charge in [0, 0.05) is 23.0 Å². The first kappa shape index (κ1) is 17.9. The summed E-state index contributed by atoms with van der Waals surface area (Å²) < 4.78 is 28.0. The highest BCUT2D eigenvalue weighted by molar-refractivity contribution is 7.90. The number of nitrogens with one attached hydrogen (secondary N) is 2. The van der Waals surface area contributed by atoms with Crippen LogP contribution in [0.15, 0.2) is 82.2 Å². The number of hydrogen-bond acceptors (Lipinski definition) is 5. The SMILES string of the molecule is O=C(NCc1ccccn1)c1ccc(NC2=NS(=O)(=O)c3ccccc32)cc1. The third-order valence-corrected chi connectivity index (χ3v) is 5.53. The second-order valence-corrected chi connectivity index (χ2v) is 7.69. The molecule has 140 valence electrons. The molecular weight excluding hydrogens is 376 g/mol. The van der Waals surface area contributed by atoms with Gasteiger partial charge in [-0.25, -0.2) is 0 Å². The minimum Gasteiger partial charge on any atom is -0.346 e. The first-order valence-electron chi connectivity index (χ1n) is 8.52. The van der Waals surface area contributed by atoms with Crippen LogP contribution >= 0.6 is 0 Å². The number of fused-ring (bicyclic) bond motifs is 1. The highest BCUT2D eigenvalue weighted by Gasteiger charge is 2.28. The van der Waals surface area contributed by atoms with Crippen molar-refractivity contribution in [2.24, 2.45) is 4.40 Å². The van der Waals surface area contributed by atoms with Crippen molar-refractivity contribution in [1.29, 1.82) is 0 Å². The van der Waals surface area contributed by atoms with Crippen molar-refractivity contribution in [3.05, 3.63) is 89.7 Å². The average Bonchev–Trinajstić information content (AvgIpc) is 2.98. The third-order valence-electron chi connectivity index (χ3n) is 4.20. The molecular formula is C20H16N4O3S. The van der Waals surface area contributed by atoms with Crippen LogP contribution < -0.4 is 10.6 Å². The minimum absolute atomic E-state index is 0.183. The number of nitrogens with zero attached hydrogens (tertiary/aromatic N) is 2. The molecule has 0 atom stereocenters. The van der Waals surface area contributed by atoms with Crippen LogP contribution in [-0.4, -0.2) is 25.1 Å². The Morgan fingerprint density at radius 2 is 1.68 bits per heavy atom. The number of anilines is 1. The maximum absolute atomic E-state index is 12.3. The summed E-state index contributed by atoms with van der Waals surface area (Å²) in [6, 6.07) is 18.9. The molecule has 0 bridgehead atoms. The van der Waals surface area contributed by atoms with E-state index in [9.17, 15) is 13.2 Å². The molecule has 0 saturated carbocycles. The fourth-order valence-corrected chi connectivity index (χ4v) is 3.99. The van der Waals surface area contributed by atoms with Gasteiger partial charge in [-0.05, 0) is 48.5 Å². The molecule has 8 heteroatoms. The summed E-state index contributed by atoms with van der Waals surface area (Å²) in [6.07, 6.45) is 1.67. The van der Waals surface area contributed by atoms with E-state index in [0.717, 1.165) is 5.69 Å². The molecule has 7 nitrogen and oxygen atoms in total. The van der Waals surface area contributed by atoms with Gasteiger partial charge in [0.25, 0.3) is 15.9 Å². The second kappa shape index (κ2) is 7.24. The number of carbonyl (C=O) groups is 1. The lowest BCUT2D eigenvalue weighted by atomic mass is 10.1. The topological polar surface area (TPSA) is 101 Å². The molecule has 0 saturated heterocycles. The molecule has 2 heterocycles. The quantitative estimate of drug-likeness (QED) is 0.711. The van der Waals surface area contributed by atoms with Crippen LogP contribution in [0.4, 0.5) is 5.69 Å². The van der Waals surface area contributed by atoms with Gasteiger partial charge in [0.2, 0.25) is 0 Å². The van der Waals surface area contributed by atoms with Gasteiger partial charge in [0.15, 0.2) is 5.84 Å². The van der Waals surface area contributed by atoms with Crippen molar-refractivity contribution in [2.75, 3.05) is 5.32 Å². The number of aromatic nitrogens is 1. The largest absolute Gasteiger partial charge is 0.346 e. The number of amidine groups is 1. The van der Waals surface area contributed by atoms with E-state index >= 15 is 0 Å². The highest BCUT2D eigenvalue weighted by atomic mass is 32.2. The lowest BCUT2D eigenvalue weighted by Crippen LogP contribution is -2.23. The van der Waals surface area contributed by atoms with Gasteiger partial charge in [-0.3, -0.25) is 9.78 Å². The fraction of sp³-hybridized carbons (Fsp3) is 0.0500. The van der Waals surface area contributed by atoms with Crippen molar-refractivity contribution in [1.82, 2.24) is 10.3 Å². The van der Waals surface area contributed by atoms with Gasteiger partial charge < -0.3 is 10.6 Å². The van der Waals surface area contributed by atoms with Crippen molar-refractivity contribution in [3.63, 3.8) is 0 Å². The molecule has 1 aliphatic rings. The Morgan fingerprint density at radius 3 is 2.43 bits per heavy atom. The third kappa shape index (κ3) is 3.63. The van der Waals surface area contributed by atoms with E-state index in [0.29, 0.717) is 23.4 Å². The van der Waals surface area contributed by atoms with Gasteiger partial charge in [0.1, 0.15) is 4.90 Å². The molecule has 28 heavy (non-hydrogen) atoms. The molecule has 1 amide bonds. The number of pyridine rings is 1. The molecule has 0 unspecified atom stereocenters. The smallest absolute Gasteiger partial charge is 0.285 e. The van der Waals surface area contributed by atoms with Crippen LogP contribution in [0.25, 0.3) is 0 Å². The molecule has 1 aliphatic heterocycles. The molecule has 3 aromatic rings. The summed E-state index contributed by atoms with van der Waals surface area (Å²) in [5.74, 6) is 0.0475.